The van der Waals surface area contributed by atoms with Crippen molar-refractivity contribution in [2.75, 3.05) is 7.11 Å². The van der Waals surface area contributed by atoms with Gasteiger partial charge in [0.15, 0.2) is 0 Å². The van der Waals surface area contributed by atoms with Gasteiger partial charge in [0.05, 0.1) is 0 Å². The second kappa shape index (κ2) is 4.82. The van der Waals surface area contributed by atoms with Gasteiger partial charge in [-0.2, -0.15) is 8.78 Å². The third-order valence-electron chi connectivity index (χ3n) is 2.19. The highest BCUT2D eigenvalue weighted by molar-refractivity contribution is 5.28. The number of alkyl halides is 2. The van der Waals surface area contributed by atoms with Crippen LogP contribution in [0.5, 0.6) is 0 Å². The Morgan fingerprint density at radius 1 is 1.19 bits per heavy atom. The summed E-state index contributed by atoms with van der Waals surface area (Å²) in [7, 11) is 0.693. The zero-order valence-electron chi connectivity index (χ0n) is 8.99. The summed E-state index contributed by atoms with van der Waals surface area (Å²) in [5, 5.41) is 0. The van der Waals surface area contributed by atoms with Gasteiger partial charge in [0.1, 0.15) is 17.2 Å². The molecule has 0 atom stereocenters. The molecule has 16 heavy (non-hydrogen) atoms. The van der Waals surface area contributed by atoms with Crippen molar-refractivity contribution in [3.8, 4) is 0 Å². The van der Waals surface area contributed by atoms with Crippen LogP contribution in [0.4, 0.5) is 17.6 Å². The van der Waals surface area contributed by atoms with Crippen molar-refractivity contribution in [3.05, 3.63) is 34.9 Å². The van der Waals surface area contributed by atoms with E-state index >= 15 is 0 Å². The smallest absolute Gasteiger partial charge is 0.320 e. The average Bonchev–Trinajstić information content (AvgIpc) is 2.16. The molecule has 0 saturated carbocycles. The van der Waals surface area contributed by atoms with Crippen LogP contribution in [0.1, 0.15) is 24.5 Å². The van der Waals surface area contributed by atoms with Gasteiger partial charge in [-0.15, -0.1) is 0 Å². The first-order valence-corrected chi connectivity index (χ1v) is 4.83. The zero-order chi connectivity index (χ0) is 12.3. The summed E-state index contributed by atoms with van der Waals surface area (Å²) >= 11 is 0. The molecule has 0 fully saturated rings. The Kier molecular flexibility index (Phi) is 3.91. The monoisotopic (exact) mass is 236 g/mol. The average molecular weight is 236 g/mol. The van der Waals surface area contributed by atoms with Gasteiger partial charge < -0.3 is 4.74 Å². The number of hydrogen-bond acceptors (Lipinski definition) is 1. The molecule has 1 nitrogen and oxygen atoms in total. The third-order valence-corrected chi connectivity index (χ3v) is 2.19. The Hall–Kier alpha value is -1.10. The normalized spacial score (nSPS) is 11.9. The van der Waals surface area contributed by atoms with E-state index in [1.165, 1.54) is 0 Å². The molecule has 0 spiro atoms. The Bertz CT molecular complexity index is 353. The van der Waals surface area contributed by atoms with Crippen LogP contribution in [0, 0.1) is 11.6 Å². The molecule has 0 amide bonds. The number of benzene rings is 1. The van der Waals surface area contributed by atoms with Crippen molar-refractivity contribution in [1.82, 2.24) is 0 Å². The molecule has 0 saturated heterocycles. The highest BCUT2D eigenvalue weighted by atomic mass is 19.3. The molecule has 1 aromatic carbocycles. The molecule has 0 aliphatic rings. The molecule has 0 aliphatic carbocycles. The van der Waals surface area contributed by atoms with Gasteiger partial charge in [-0.25, -0.2) is 8.78 Å². The van der Waals surface area contributed by atoms with Crippen LogP contribution in [0.15, 0.2) is 12.1 Å². The van der Waals surface area contributed by atoms with Crippen molar-refractivity contribution < 1.29 is 22.3 Å². The van der Waals surface area contributed by atoms with Crippen molar-refractivity contribution >= 4 is 0 Å². The quantitative estimate of drug-likeness (QED) is 0.725. The Balaban J connectivity index is 3.22. The van der Waals surface area contributed by atoms with Crippen LogP contribution in [-0.2, 0) is 17.3 Å². The first kappa shape index (κ1) is 13.0. The van der Waals surface area contributed by atoms with Gasteiger partial charge in [-0.3, -0.25) is 0 Å². The molecule has 0 aromatic heterocycles. The van der Waals surface area contributed by atoms with Crippen LogP contribution in [0.2, 0.25) is 0 Å². The topological polar surface area (TPSA) is 9.23 Å². The lowest BCUT2D eigenvalue weighted by Gasteiger charge is -2.16. The fourth-order valence-electron chi connectivity index (χ4n) is 1.44. The van der Waals surface area contributed by atoms with Crippen molar-refractivity contribution in [2.45, 2.75) is 25.9 Å². The van der Waals surface area contributed by atoms with Gasteiger partial charge in [-0.05, 0) is 24.1 Å². The molecule has 0 unspecified atom stereocenters. The second-order valence-electron chi connectivity index (χ2n) is 3.41. The largest absolute Gasteiger partial charge is 0.388 e. The van der Waals surface area contributed by atoms with Crippen molar-refractivity contribution in [2.24, 2.45) is 0 Å². The van der Waals surface area contributed by atoms with E-state index in [0.29, 0.717) is 25.5 Å². The van der Waals surface area contributed by atoms with E-state index in [1.807, 2.05) is 6.92 Å². The minimum absolute atomic E-state index is 0.355. The lowest BCUT2D eigenvalue weighted by Crippen LogP contribution is -2.20. The fraction of sp³-hybridized carbons (Fsp3) is 0.455. The SMILES string of the molecule is CCCc1cc(F)c(C(F)(F)OC)c(F)c1. The molecule has 0 heterocycles. The molecule has 1 rings (SSSR count). The van der Waals surface area contributed by atoms with E-state index < -0.39 is 23.3 Å². The van der Waals surface area contributed by atoms with E-state index in [1.54, 1.807) is 0 Å². The molecular weight excluding hydrogens is 224 g/mol. The predicted octanol–water partition coefficient (Wildman–Crippen LogP) is 3.61. The van der Waals surface area contributed by atoms with E-state index in [0.717, 1.165) is 12.1 Å². The van der Waals surface area contributed by atoms with E-state index in [2.05, 4.69) is 4.74 Å². The van der Waals surface area contributed by atoms with Crippen LogP contribution >= 0.6 is 0 Å². The Morgan fingerprint density at radius 3 is 2.06 bits per heavy atom. The number of rotatable bonds is 4. The maximum atomic E-state index is 13.3. The van der Waals surface area contributed by atoms with Crippen LogP contribution < -0.4 is 0 Å². The fourth-order valence-corrected chi connectivity index (χ4v) is 1.44. The number of hydrogen-bond donors (Lipinski definition) is 0. The van der Waals surface area contributed by atoms with Gasteiger partial charge in [0.25, 0.3) is 0 Å². The summed E-state index contributed by atoms with van der Waals surface area (Å²) in [6.45, 7) is 1.83. The maximum absolute atomic E-state index is 13.3. The van der Waals surface area contributed by atoms with Crippen molar-refractivity contribution in [1.29, 1.82) is 0 Å². The first-order valence-electron chi connectivity index (χ1n) is 4.83. The standard InChI is InChI=1S/C11H12F4O/c1-3-4-7-5-8(12)10(9(13)6-7)11(14,15)16-2/h5-6H,3-4H2,1-2H3. The minimum atomic E-state index is -3.95. The molecule has 1 aromatic rings. The van der Waals surface area contributed by atoms with E-state index in [9.17, 15) is 17.6 Å². The second-order valence-corrected chi connectivity index (χ2v) is 3.41. The lowest BCUT2D eigenvalue weighted by molar-refractivity contribution is -0.235. The van der Waals surface area contributed by atoms with Gasteiger partial charge in [-0.1, -0.05) is 13.3 Å². The predicted molar refractivity (Wildman–Crippen MR) is 51.3 cm³/mol. The maximum Gasteiger partial charge on any atom is 0.388 e. The molecular formula is C11H12F4O. The summed E-state index contributed by atoms with van der Waals surface area (Å²) < 4.78 is 56.4. The van der Waals surface area contributed by atoms with E-state index in [4.69, 9.17) is 0 Å². The zero-order valence-corrected chi connectivity index (χ0v) is 8.99. The molecule has 0 N–H and O–H groups in total. The molecule has 5 heteroatoms. The first-order chi connectivity index (χ1) is 7.42. The highest BCUT2D eigenvalue weighted by Crippen LogP contribution is 2.33. The number of ether oxygens (including phenoxy) is 1. The number of halogens is 4. The van der Waals surface area contributed by atoms with Gasteiger partial charge >= 0.3 is 6.11 Å². The van der Waals surface area contributed by atoms with Crippen LogP contribution in [-0.4, -0.2) is 7.11 Å². The molecule has 0 radical (unpaired) electrons. The van der Waals surface area contributed by atoms with E-state index in [-0.39, 0.29) is 0 Å². The summed E-state index contributed by atoms with van der Waals surface area (Å²) in [6.07, 6.45) is -2.83. The molecule has 0 bridgehead atoms. The summed E-state index contributed by atoms with van der Waals surface area (Å²) in [6, 6.07) is 1.82. The molecule has 0 aliphatic heterocycles. The lowest BCUT2D eigenvalue weighted by atomic mass is 10.1. The third kappa shape index (κ3) is 2.52. The van der Waals surface area contributed by atoms with Crippen LogP contribution in [0.3, 0.4) is 0 Å². The van der Waals surface area contributed by atoms with Crippen LogP contribution in [0.25, 0.3) is 0 Å². The number of methoxy groups -OCH3 is 1. The summed E-state index contributed by atoms with van der Waals surface area (Å²) in [5.74, 6) is -2.56. The van der Waals surface area contributed by atoms with Crippen molar-refractivity contribution in [3.63, 3.8) is 0 Å². The Morgan fingerprint density at radius 2 is 1.69 bits per heavy atom. The Labute approximate surface area is 91.0 Å². The van der Waals surface area contributed by atoms with Gasteiger partial charge in [0.2, 0.25) is 0 Å². The number of aryl methyl sites for hydroxylation is 1. The minimum Gasteiger partial charge on any atom is -0.320 e. The summed E-state index contributed by atoms with van der Waals surface area (Å²) in [5.41, 5.74) is -0.983. The summed E-state index contributed by atoms with van der Waals surface area (Å²) in [4.78, 5) is 0. The van der Waals surface area contributed by atoms with Gasteiger partial charge in [0, 0.05) is 7.11 Å². The highest BCUT2D eigenvalue weighted by Gasteiger charge is 2.38. The molecule has 90 valence electrons.